The fourth-order valence-corrected chi connectivity index (χ4v) is 2.21. The first kappa shape index (κ1) is 12.8. The van der Waals surface area contributed by atoms with Crippen LogP contribution in [0.4, 0.5) is 5.69 Å². The highest BCUT2D eigenvalue weighted by atomic mass is 32.1. The van der Waals surface area contributed by atoms with Gasteiger partial charge < -0.3 is 5.32 Å². The van der Waals surface area contributed by atoms with Crippen LogP contribution >= 0.6 is 12.6 Å². The topological polar surface area (TPSA) is 24.9 Å². The Kier molecular flexibility index (Phi) is 3.44. The van der Waals surface area contributed by atoms with Crippen LogP contribution < -0.4 is 5.32 Å². The minimum atomic E-state index is 0.871. The Morgan fingerprint density at radius 3 is 2.60 bits per heavy atom. The lowest BCUT2D eigenvalue weighted by atomic mass is 10.1. The molecule has 2 aromatic carbocycles. The lowest BCUT2D eigenvalue weighted by Gasteiger charge is -2.11. The Hall–Kier alpha value is -2.26. The molecule has 1 N–H and O–H groups in total. The van der Waals surface area contributed by atoms with E-state index in [1.165, 1.54) is 0 Å². The van der Waals surface area contributed by atoms with Gasteiger partial charge >= 0.3 is 0 Å². The molecular formula is C17H14N2S. The minimum Gasteiger partial charge on any atom is -0.356 e. The van der Waals surface area contributed by atoms with Crippen LogP contribution in [-0.2, 0) is 0 Å². The van der Waals surface area contributed by atoms with Crippen molar-refractivity contribution in [2.45, 2.75) is 4.90 Å². The molecule has 98 valence electrons. The molecule has 20 heavy (non-hydrogen) atoms. The Morgan fingerprint density at radius 2 is 1.80 bits per heavy atom. The van der Waals surface area contributed by atoms with Gasteiger partial charge in [-0.3, -0.25) is 4.98 Å². The van der Waals surface area contributed by atoms with Gasteiger partial charge in [0.05, 0.1) is 0 Å². The quantitative estimate of drug-likeness (QED) is 0.684. The third-order valence-electron chi connectivity index (χ3n) is 3.15. The molecule has 0 saturated carbocycles. The lowest BCUT2D eigenvalue weighted by Crippen LogP contribution is -1.97. The summed E-state index contributed by atoms with van der Waals surface area (Å²) in [7, 11) is 0. The second kappa shape index (κ2) is 5.39. The van der Waals surface area contributed by atoms with Crippen molar-refractivity contribution in [3.05, 3.63) is 73.1 Å². The number of fused-ring (bicyclic) bond motifs is 1. The Bertz CT molecular complexity index is 763. The average molecular weight is 278 g/mol. The molecule has 1 heterocycles. The summed E-state index contributed by atoms with van der Waals surface area (Å²) in [4.78, 5) is 5.06. The molecule has 0 spiro atoms. The van der Waals surface area contributed by atoms with Crippen LogP contribution in [0.5, 0.6) is 0 Å². The molecule has 0 bridgehead atoms. The van der Waals surface area contributed by atoms with Crippen molar-refractivity contribution in [1.29, 1.82) is 0 Å². The fraction of sp³-hybridized carbons (Fsp3) is 0. The van der Waals surface area contributed by atoms with E-state index in [-0.39, 0.29) is 0 Å². The van der Waals surface area contributed by atoms with Crippen molar-refractivity contribution in [2.75, 3.05) is 5.32 Å². The molecule has 2 nitrogen and oxygen atoms in total. The molecular weight excluding hydrogens is 264 g/mol. The highest BCUT2D eigenvalue weighted by Gasteiger charge is 2.01. The molecule has 0 saturated heterocycles. The summed E-state index contributed by atoms with van der Waals surface area (Å²) in [6.07, 6.45) is 3.66. The van der Waals surface area contributed by atoms with Crippen LogP contribution in [0, 0.1) is 0 Å². The summed E-state index contributed by atoms with van der Waals surface area (Å²) in [6, 6.07) is 16.1. The minimum absolute atomic E-state index is 0.871. The van der Waals surface area contributed by atoms with Gasteiger partial charge in [-0.25, -0.2) is 0 Å². The molecule has 0 atom stereocenters. The van der Waals surface area contributed by atoms with Crippen molar-refractivity contribution < 1.29 is 0 Å². The first-order valence-electron chi connectivity index (χ1n) is 6.31. The van der Waals surface area contributed by atoms with Gasteiger partial charge in [0.15, 0.2) is 0 Å². The number of pyridine rings is 1. The monoisotopic (exact) mass is 278 g/mol. The molecule has 0 fully saturated rings. The molecule has 0 aliphatic carbocycles. The van der Waals surface area contributed by atoms with Crippen LogP contribution in [-0.4, -0.2) is 4.98 Å². The fourth-order valence-electron chi connectivity index (χ4n) is 2.06. The van der Waals surface area contributed by atoms with E-state index in [1.807, 2.05) is 42.6 Å². The van der Waals surface area contributed by atoms with Gasteiger partial charge in [-0.05, 0) is 47.3 Å². The Labute approximate surface area is 123 Å². The Morgan fingerprint density at radius 1 is 1.00 bits per heavy atom. The van der Waals surface area contributed by atoms with E-state index in [9.17, 15) is 0 Å². The summed E-state index contributed by atoms with van der Waals surface area (Å²) in [5.74, 6) is 0. The molecule has 0 aliphatic rings. The van der Waals surface area contributed by atoms with Gasteiger partial charge in [-0.1, -0.05) is 18.7 Å². The van der Waals surface area contributed by atoms with E-state index in [0.717, 1.165) is 32.6 Å². The lowest BCUT2D eigenvalue weighted by molar-refractivity contribution is 1.36. The summed E-state index contributed by atoms with van der Waals surface area (Å²) >= 11 is 4.28. The second-order valence-electron chi connectivity index (χ2n) is 4.59. The maximum Gasteiger partial charge on any atom is 0.0385 e. The van der Waals surface area contributed by atoms with Crippen molar-refractivity contribution in [2.24, 2.45) is 0 Å². The summed E-state index contributed by atoms with van der Waals surface area (Å²) < 4.78 is 0. The third kappa shape index (κ3) is 2.68. The normalized spacial score (nSPS) is 10.4. The smallest absolute Gasteiger partial charge is 0.0385 e. The highest BCUT2D eigenvalue weighted by molar-refractivity contribution is 7.80. The number of anilines is 1. The molecule has 0 radical (unpaired) electrons. The van der Waals surface area contributed by atoms with Crippen molar-refractivity contribution in [3.63, 3.8) is 0 Å². The van der Waals surface area contributed by atoms with E-state index < -0.39 is 0 Å². The van der Waals surface area contributed by atoms with E-state index in [4.69, 9.17) is 0 Å². The van der Waals surface area contributed by atoms with Crippen LogP contribution in [0.15, 0.2) is 72.4 Å². The first-order chi connectivity index (χ1) is 9.72. The average Bonchev–Trinajstić information content (AvgIpc) is 2.49. The van der Waals surface area contributed by atoms with Crippen LogP contribution in [0.2, 0.25) is 0 Å². The van der Waals surface area contributed by atoms with Gasteiger partial charge in [0, 0.05) is 34.1 Å². The predicted octanol–water partition coefficient (Wildman–Crippen LogP) is 4.61. The molecule has 1 aromatic heterocycles. The van der Waals surface area contributed by atoms with Crippen LogP contribution in [0.3, 0.4) is 0 Å². The van der Waals surface area contributed by atoms with Crippen LogP contribution in [0.1, 0.15) is 5.56 Å². The molecule has 3 rings (SSSR count). The standard InChI is InChI=1S/C17H14N2S/c1-12(19-16-4-6-17(20)7-5-16)13-2-3-15-11-18-9-8-14(15)10-13/h2-11,19-20H,1H2. The number of aromatic nitrogens is 1. The molecule has 0 unspecified atom stereocenters. The van der Waals surface area contributed by atoms with Gasteiger partial charge in [0.25, 0.3) is 0 Å². The molecule has 0 amide bonds. The predicted molar refractivity (Wildman–Crippen MR) is 88.1 cm³/mol. The first-order valence-corrected chi connectivity index (χ1v) is 6.76. The van der Waals surface area contributed by atoms with Gasteiger partial charge in [-0.15, -0.1) is 12.6 Å². The highest BCUT2D eigenvalue weighted by Crippen LogP contribution is 2.22. The molecule has 3 aromatic rings. The maximum atomic E-state index is 4.28. The second-order valence-corrected chi connectivity index (χ2v) is 5.10. The maximum absolute atomic E-state index is 4.28. The van der Waals surface area contributed by atoms with Crippen LogP contribution in [0.25, 0.3) is 16.5 Å². The number of hydrogen-bond donors (Lipinski definition) is 2. The van der Waals surface area contributed by atoms with Gasteiger partial charge in [0.1, 0.15) is 0 Å². The number of nitrogens with one attached hydrogen (secondary N) is 1. The zero-order valence-corrected chi connectivity index (χ0v) is 11.8. The number of hydrogen-bond acceptors (Lipinski definition) is 3. The number of rotatable bonds is 3. The summed E-state index contributed by atoms with van der Waals surface area (Å²) in [5.41, 5.74) is 2.94. The zero-order valence-electron chi connectivity index (χ0n) is 10.9. The van der Waals surface area contributed by atoms with E-state index >= 15 is 0 Å². The van der Waals surface area contributed by atoms with E-state index in [1.54, 1.807) is 6.20 Å². The van der Waals surface area contributed by atoms with Gasteiger partial charge in [0.2, 0.25) is 0 Å². The van der Waals surface area contributed by atoms with Gasteiger partial charge in [-0.2, -0.15) is 0 Å². The van der Waals surface area contributed by atoms with E-state index in [0.29, 0.717) is 0 Å². The number of nitrogens with zero attached hydrogens (tertiary/aromatic N) is 1. The summed E-state index contributed by atoms with van der Waals surface area (Å²) in [6.45, 7) is 4.10. The summed E-state index contributed by atoms with van der Waals surface area (Å²) in [5, 5.41) is 5.59. The van der Waals surface area contributed by atoms with E-state index in [2.05, 4.69) is 41.6 Å². The largest absolute Gasteiger partial charge is 0.356 e. The zero-order chi connectivity index (χ0) is 13.9. The third-order valence-corrected chi connectivity index (χ3v) is 3.45. The SMILES string of the molecule is C=C(Nc1ccc(S)cc1)c1ccc2cnccc2c1. The molecule has 3 heteroatoms. The number of thiol groups is 1. The molecule has 0 aliphatic heterocycles. The van der Waals surface area contributed by atoms with Crippen molar-refractivity contribution in [3.8, 4) is 0 Å². The number of benzene rings is 2. The van der Waals surface area contributed by atoms with Crippen molar-refractivity contribution >= 4 is 34.8 Å². The van der Waals surface area contributed by atoms with Crippen molar-refractivity contribution in [1.82, 2.24) is 4.98 Å². The Balaban J connectivity index is 1.86.